The van der Waals surface area contributed by atoms with Crippen molar-refractivity contribution in [3.63, 3.8) is 0 Å². The molecule has 3 aromatic heterocycles. The number of ether oxygens (including phenoxy) is 1. The minimum Gasteiger partial charge on any atom is -0.459 e. The largest absolute Gasteiger partial charge is 0.459 e. The lowest BCUT2D eigenvalue weighted by Gasteiger charge is -2.39. The van der Waals surface area contributed by atoms with Gasteiger partial charge in [0, 0.05) is 67.1 Å². The smallest absolute Gasteiger partial charge is 0.338 e. The summed E-state index contributed by atoms with van der Waals surface area (Å²) >= 11 is 0. The standard InChI is InChI=1S/C27H33F3N4O2/c1-16(2)36-27(35)22-14-23-21(20-7-6-17(3)31-15-20)8-9-34(23)24(18(22)4)19(5)32-10-12-33(13-11-32)26(30)25(28)29/h6-9,14-16,19,25-26H,10-13H2,1-5H3. The second-order valence-corrected chi connectivity index (χ2v) is 9.65. The lowest BCUT2D eigenvalue weighted by atomic mass is 9.99. The molecular formula is C27H33F3N4O2. The van der Waals surface area contributed by atoms with Gasteiger partial charge in [-0.15, -0.1) is 0 Å². The lowest BCUT2D eigenvalue weighted by molar-refractivity contribution is -0.0688. The molecule has 0 saturated carbocycles. The molecule has 4 heterocycles. The monoisotopic (exact) mass is 502 g/mol. The normalized spacial score (nSPS) is 17.2. The number of carbonyl (C=O) groups is 1. The van der Waals surface area contributed by atoms with Crippen LogP contribution in [0.4, 0.5) is 13.2 Å². The molecular weight excluding hydrogens is 469 g/mol. The molecule has 2 unspecified atom stereocenters. The molecule has 0 bridgehead atoms. The number of aryl methyl sites for hydroxylation is 1. The van der Waals surface area contributed by atoms with E-state index in [2.05, 4.69) is 14.3 Å². The summed E-state index contributed by atoms with van der Waals surface area (Å²) in [5, 5.41) is 0. The van der Waals surface area contributed by atoms with Gasteiger partial charge in [0.15, 0.2) is 0 Å². The Hall–Kier alpha value is -2.91. The van der Waals surface area contributed by atoms with E-state index in [1.807, 2.05) is 71.3 Å². The van der Waals surface area contributed by atoms with Gasteiger partial charge >= 0.3 is 5.97 Å². The fraction of sp³-hybridized carbons (Fsp3) is 0.481. The van der Waals surface area contributed by atoms with E-state index in [4.69, 9.17) is 4.74 Å². The van der Waals surface area contributed by atoms with E-state index in [-0.39, 0.29) is 25.2 Å². The predicted octanol–water partition coefficient (Wildman–Crippen LogP) is 5.42. The fourth-order valence-electron chi connectivity index (χ4n) is 4.94. The Morgan fingerprint density at radius 1 is 1.00 bits per heavy atom. The Kier molecular flexibility index (Phi) is 7.70. The highest BCUT2D eigenvalue weighted by Gasteiger charge is 2.33. The molecule has 2 atom stereocenters. The number of halogens is 3. The number of carbonyl (C=O) groups excluding carboxylic acids is 1. The average Bonchev–Trinajstić information content (AvgIpc) is 3.26. The zero-order valence-electron chi connectivity index (χ0n) is 21.3. The van der Waals surface area contributed by atoms with Crippen LogP contribution in [-0.2, 0) is 4.74 Å². The maximum atomic E-state index is 13.9. The van der Waals surface area contributed by atoms with E-state index in [1.54, 1.807) is 0 Å². The Balaban J connectivity index is 1.76. The first-order valence-corrected chi connectivity index (χ1v) is 12.3. The van der Waals surface area contributed by atoms with Gasteiger partial charge in [-0.25, -0.2) is 18.0 Å². The summed E-state index contributed by atoms with van der Waals surface area (Å²) in [5.74, 6) is -0.394. The Morgan fingerprint density at radius 2 is 1.67 bits per heavy atom. The van der Waals surface area contributed by atoms with Gasteiger partial charge < -0.3 is 9.14 Å². The molecule has 1 saturated heterocycles. The third-order valence-electron chi connectivity index (χ3n) is 6.89. The summed E-state index contributed by atoms with van der Waals surface area (Å²) in [6.45, 7) is 10.8. The van der Waals surface area contributed by atoms with Crippen molar-refractivity contribution in [3.05, 3.63) is 59.2 Å². The molecule has 1 fully saturated rings. The summed E-state index contributed by atoms with van der Waals surface area (Å²) in [6.07, 6.45) is -1.74. The van der Waals surface area contributed by atoms with Gasteiger partial charge in [0.25, 0.3) is 6.43 Å². The second-order valence-electron chi connectivity index (χ2n) is 9.65. The van der Waals surface area contributed by atoms with E-state index in [0.29, 0.717) is 18.7 Å². The first-order chi connectivity index (χ1) is 17.1. The van der Waals surface area contributed by atoms with Crippen LogP contribution in [0.3, 0.4) is 0 Å². The van der Waals surface area contributed by atoms with E-state index in [1.165, 1.54) is 4.90 Å². The number of aromatic nitrogens is 2. The zero-order chi connectivity index (χ0) is 26.1. The van der Waals surface area contributed by atoms with E-state index < -0.39 is 18.7 Å². The van der Waals surface area contributed by atoms with Crippen molar-refractivity contribution in [3.8, 4) is 11.1 Å². The molecule has 6 nitrogen and oxygen atoms in total. The molecule has 3 aromatic rings. The van der Waals surface area contributed by atoms with Crippen molar-refractivity contribution >= 4 is 11.5 Å². The topological polar surface area (TPSA) is 50.1 Å². The predicted molar refractivity (Wildman–Crippen MR) is 133 cm³/mol. The van der Waals surface area contributed by atoms with Crippen molar-refractivity contribution in [1.82, 2.24) is 19.2 Å². The zero-order valence-corrected chi connectivity index (χ0v) is 21.3. The molecule has 0 amide bonds. The highest BCUT2D eigenvalue weighted by molar-refractivity contribution is 5.95. The third-order valence-corrected chi connectivity index (χ3v) is 6.89. The number of alkyl halides is 3. The summed E-state index contributed by atoms with van der Waals surface area (Å²) in [6, 6.07) is 7.66. The molecule has 0 aliphatic carbocycles. The summed E-state index contributed by atoms with van der Waals surface area (Å²) < 4.78 is 47.2. The van der Waals surface area contributed by atoms with Crippen molar-refractivity contribution in [2.24, 2.45) is 0 Å². The van der Waals surface area contributed by atoms with Crippen molar-refractivity contribution in [1.29, 1.82) is 0 Å². The van der Waals surface area contributed by atoms with Gasteiger partial charge in [0.05, 0.1) is 17.2 Å². The highest BCUT2D eigenvalue weighted by Crippen LogP contribution is 2.34. The second kappa shape index (κ2) is 10.6. The highest BCUT2D eigenvalue weighted by atomic mass is 19.3. The average molecular weight is 503 g/mol. The minimum atomic E-state index is -3.02. The van der Waals surface area contributed by atoms with E-state index in [9.17, 15) is 18.0 Å². The SMILES string of the molecule is Cc1ccc(-c2ccn3c(C(C)N4CCN(C(F)C(F)F)CC4)c(C)c(C(=O)OC(C)C)cc23)cn1. The van der Waals surface area contributed by atoms with E-state index >= 15 is 0 Å². The van der Waals surface area contributed by atoms with Crippen LogP contribution in [0.2, 0.25) is 0 Å². The Morgan fingerprint density at radius 3 is 2.25 bits per heavy atom. The van der Waals surface area contributed by atoms with Gasteiger partial charge in [-0.1, -0.05) is 6.07 Å². The number of hydrogen-bond acceptors (Lipinski definition) is 5. The molecule has 0 radical (unpaired) electrons. The number of fused-ring (bicyclic) bond motifs is 1. The molecule has 36 heavy (non-hydrogen) atoms. The van der Waals surface area contributed by atoms with Crippen LogP contribution < -0.4 is 0 Å². The quantitative estimate of drug-likeness (QED) is 0.319. The van der Waals surface area contributed by atoms with Gasteiger partial charge in [-0.2, -0.15) is 0 Å². The molecule has 9 heteroatoms. The molecule has 194 valence electrons. The summed E-state index contributed by atoms with van der Waals surface area (Å²) in [5.41, 5.74) is 5.83. The summed E-state index contributed by atoms with van der Waals surface area (Å²) in [4.78, 5) is 20.8. The Bertz CT molecular complexity index is 1220. The molecule has 0 spiro atoms. The summed E-state index contributed by atoms with van der Waals surface area (Å²) in [7, 11) is 0. The maximum Gasteiger partial charge on any atom is 0.338 e. The van der Waals surface area contributed by atoms with Crippen LogP contribution in [0.25, 0.3) is 16.6 Å². The molecule has 0 N–H and O–H groups in total. The van der Waals surface area contributed by atoms with E-state index in [0.717, 1.165) is 33.6 Å². The minimum absolute atomic E-state index is 0.151. The van der Waals surface area contributed by atoms with Gasteiger partial charge in [-0.3, -0.25) is 14.8 Å². The van der Waals surface area contributed by atoms with Crippen molar-refractivity contribution in [2.75, 3.05) is 26.2 Å². The molecule has 1 aliphatic rings. The van der Waals surface area contributed by atoms with Gasteiger partial charge in [-0.05, 0) is 58.4 Å². The fourth-order valence-corrected chi connectivity index (χ4v) is 4.94. The number of piperazine rings is 1. The van der Waals surface area contributed by atoms with Crippen LogP contribution in [0.5, 0.6) is 0 Å². The Labute approximate surface area is 209 Å². The van der Waals surface area contributed by atoms with Crippen LogP contribution in [-0.4, -0.2) is 70.2 Å². The van der Waals surface area contributed by atoms with Crippen LogP contribution in [0.15, 0.2) is 36.7 Å². The van der Waals surface area contributed by atoms with Gasteiger partial charge in [0.2, 0.25) is 6.30 Å². The first-order valence-electron chi connectivity index (χ1n) is 12.3. The van der Waals surface area contributed by atoms with Crippen LogP contribution in [0, 0.1) is 13.8 Å². The van der Waals surface area contributed by atoms with Crippen molar-refractivity contribution in [2.45, 2.75) is 59.5 Å². The van der Waals surface area contributed by atoms with Crippen molar-refractivity contribution < 1.29 is 22.7 Å². The number of pyridine rings is 2. The van der Waals surface area contributed by atoms with Crippen LogP contribution in [0.1, 0.15) is 54.1 Å². The molecule has 1 aliphatic heterocycles. The molecule has 0 aromatic carbocycles. The number of nitrogens with zero attached hydrogens (tertiary/aromatic N) is 4. The third kappa shape index (κ3) is 5.13. The van der Waals surface area contributed by atoms with Gasteiger partial charge in [0.1, 0.15) is 0 Å². The number of esters is 1. The maximum absolute atomic E-state index is 13.9. The number of rotatable bonds is 7. The molecule has 4 rings (SSSR count). The van der Waals surface area contributed by atoms with Crippen LogP contribution >= 0.6 is 0 Å². The number of hydrogen-bond donors (Lipinski definition) is 0. The first kappa shape index (κ1) is 26.2. The lowest BCUT2D eigenvalue weighted by Crippen LogP contribution is -2.51.